The summed E-state index contributed by atoms with van der Waals surface area (Å²) < 4.78 is 4.98. The SMILES string of the molecule is CC(C)C1CCC(C(=O)OCC(O)CO)CC1. The molecule has 0 saturated heterocycles. The van der Waals surface area contributed by atoms with Gasteiger partial charge in [0.25, 0.3) is 0 Å². The van der Waals surface area contributed by atoms with Crippen LogP contribution in [0.2, 0.25) is 0 Å². The van der Waals surface area contributed by atoms with Crippen molar-refractivity contribution in [3.8, 4) is 0 Å². The maximum Gasteiger partial charge on any atom is 0.309 e. The van der Waals surface area contributed by atoms with Crippen LogP contribution in [-0.4, -0.2) is 35.5 Å². The van der Waals surface area contributed by atoms with Crippen LogP contribution in [0.15, 0.2) is 0 Å². The summed E-state index contributed by atoms with van der Waals surface area (Å²) >= 11 is 0. The van der Waals surface area contributed by atoms with E-state index in [1.54, 1.807) is 0 Å². The second kappa shape index (κ2) is 6.97. The average Bonchev–Trinajstić information content (AvgIpc) is 2.35. The zero-order chi connectivity index (χ0) is 12.8. The van der Waals surface area contributed by atoms with Crippen LogP contribution in [0.25, 0.3) is 0 Å². The monoisotopic (exact) mass is 244 g/mol. The van der Waals surface area contributed by atoms with E-state index in [1.807, 2.05) is 0 Å². The van der Waals surface area contributed by atoms with Crippen LogP contribution in [0.5, 0.6) is 0 Å². The molecule has 4 heteroatoms. The van der Waals surface area contributed by atoms with Crippen molar-refractivity contribution in [3.63, 3.8) is 0 Å². The fourth-order valence-corrected chi connectivity index (χ4v) is 2.37. The number of esters is 1. The maximum absolute atomic E-state index is 11.7. The second-order valence-corrected chi connectivity index (χ2v) is 5.32. The van der Waals surface area contributed by atoms with E-state index in [0.29, 0.717) is 5.92 Å². The summed E-state index contributed by atoms with van der Waals surface area (Å²) in [6.07, 6.45) is 2.99. The van der Waals surface area contributed by atoms with E-state index in [-0.39, 0.29) is 25.1 Å². The highest BCUT2D eigenvalue weighted by atomic mass is 16.5. The molecule has 0 aromatic carbocycles. The van der Waals surface area contributed by atoms with Crippen molar-refractivity contribution in [2.45, 2.75) is 45.6 Å². The first-order chi connectivity index (χ1) is 8.04. The number of carbonyl (C=O) groups excluding carboxylic acids is 1. The standard InChI is InChI=1S/C13H24O4/c1-9(2)10-3-5-11(6-4-10)13(16)17-8-12(15)7-14/h9-12,14-15H,3-8H2,1-2H3. The zero-order valence-corrected chi connectivity index (χ0v) is 10.8. The molecule has 1 saturated carbocycles. The summed E-state index contributed by atoms with van der Waals surface area (Å²) in [6, 6.07) is 0. The normalized spacial score (nSPS) is 26.9. The van der Waals surface area contributed by atoms with Gasteiger partial charge in [0.15, 0.2) is 0 Å². The van der Waals surface area contributed by atoms with Crippen LogP contribution >= 0.6 is 0 Å². The molecule has 0 amide bonds. The number of carbonyl (C=O) groups is 1. The molecule has 0 aliphatic heterocycles. The Hall–Kier alpha value is -0.610. The van der Waals surface area contributed by atoms with Crippen molar-refractivity contribution in [1.29, 1.82) is 0 Å². The number of aliphatic hydroxyl groups is 2. The van der Waals surface area contributed by atoms with E-state index in [0.717, 1.165) is 31.6 Å². The molecule has 1 aliphatic rings. The molecule has 0 spiro atoms. The van der Waals surface area contributed by atoms with Crippen molar-refractivity contribution >= 4 is 5.97 Å². The molecule has 1 unspecified atom stereocenters. The van der Waals surface area contributed by atoms with Crippen LogP contribution in [0.1, 0.15) is 39.5 Å². The van der Waals surface area contributed by atoms with E-state index >= 15 is 0 Å². The molecule has 0 aromatic heterocycles. The van der Waals surface area contributed by atoms with Crippen molar-refractivity contribution in [1.82, 2.24) is 0 Å². The van der Waals surface area contributed by atoms with Crippen LogP contribution in [0, 0.1) is 17.8 Å². The summed E-state index contributed by atoms with van der Waals surface area (Å²) in [6.45, 7) is 3.98. The fraction of sp³-hybridized carbons (Fsp3) is 0.923. The Kier molecular flexibility index (Phi) is 5.92. The molecule has 0 aromatic rings. The lowest BCUT2D eigenvalue weighted by atomic mass is 9.77. The summed E-state index contributed by atoms with van der Waals surface area (Å²) in [4.78, 5) is 11.7. The molecule has 100 valence electrons. The van der Waals surface area contributed by atoms with Gasteiger partial charge in [-0.2, -0.15) is 0 Å². The van der Waals surface area contributed by atoms with Crippen LogP contribution in [0.3, 0.4) is 0 Å². The molecule has 1 fully saturated rings. The highest BCUT2D eigenvalue weighted by Crippen LogP contribution is 2.33. The zero-order valence-electron chi connectivity index (χ0n) is 10.8. The Morgan fingerprint density at radius 3 is 2.35 bits per heavy atom. The van der Waals surface area contributed by atoms with E-state index < -0.39 is 6.10 Å². The van der Waals surface area contributed by atoms with Crippen molar-refractivity contribution < 1.29 is 19.7 Å². The largest absolute Gasteiger partial charge is 0.463 e. The van der Waals surface area contributed by atoms with Gasteiger partial charge in [-0.1, -0.05) is 13.8 Å². The Morgan fingerprint density at radius 2 is 1.88 bits per heavy atom. The van der Waals surface area contributed by atoms with Gasteiger partial charge in [-0.25, -0.2) is 0 Å². The van der Waals surface area contributed by atoms with E-state index in [9.17, 15) is 4.79 Å². The van der Waals surface area contributed by atoms with Gasteiger partial charge >= 0.3 is 5.97 Å². The second-order valence-electron chi connectivity index (χ2n) is 5.32. The number of hydrogen-bond donors (Lipinski definition) is 2. The summed E-state index contributed by atoms with van der Waals surface area (Å²) in [5, 5.41) is 17.7. The third kappa shape index (κ3) is 4.64. The lowest BCUT2D eigenvalue weighted by molar-refractivity contribution is -0.153. The first-order valence-electron chi connectivity index (χ1n) is 6.50. The van der Waals surface area contributed by atoms with Crippen molar-refractivity contribution in [3.05, 3.63) is 0 Å². The molecule has 17 heavy (non-hydrogen) atoms. The number of ether oxygens (including phenoxy) is 1. The molecule has 4 nitrogen and oxygen atoms in total. The molecule has 1 rings (SSSR count). The first-order valence-corrected chi connectivity index (χ1v) is 6.50. The van der Waals surface area contributed by atoms with E-state index in [1.165, 1.54) is 0 Å². The molecule has 0 radical (unpaired) electrons. The Balaban J connectivity index is 2.26. The summed E-state index contributed by atoms with van der Waals surface area (Å²) in [5.74, 6) is 1.17. The molecular weight excluding hydrogens is 220 g/mol. The number of hydrogen-bond acceptors (Lipinski definition) is 4. The van der Waals surface area contributed by atoms with Crippen molar-refractivity contribution in [2.24, 2.45) is 17.8 Å². The van der Waals surface area contributed by atoms with Gasteiger partial charge < -0.3 is 14.9 Å². The summed E-state index contributed by atoms with van der Waals surface area (Å²) in [7, 11) is 0. The van der Waals surface area contributed by atoms with Crippen LogP contribution in [-0.2, 0) is 9.53 Å². The molecule has 0 bridgehead atoms. The van der Waals surface area contributed by atoms with Gasteiger partial charge in [0.2, 0.25) is 0 Å². The van der Waals surface area contributed by atoms with Gasteiger partial charge in [0.1, 0.15) is 12.7 Å². The molecular formula is C13H24O4. The lowest BCUT2D eigenvalue weighted by Gasteiger charge is -2.29. The van der Waals surface area contributed by atoms with Gasteiger partial charge in [-0.3, -0.25) is 4.79 Å². The Labute approximate surface area is 103 Å². The quantitative estimate of drug-likeness (QED) is 0.716. The molecule has 0 heterocycles. The third-order valence-corrected chi connectivity index (χ3v) is 3.68. The maximum atomic E-state index is 11.7. The number of aliphatic hydroxyl groups excluding tert-OH is 2. The van der Waals surface area contributed by atoms with Crippen LogP contribution < -0.4 is 0 Å². The lowest BCUT2D eigenvalue weighted by Crippen LogP contribution is -2.29. The smallest absolute Gasteiger partial charge is 0.309 e. The minimum Gasteiger partial charge on any atom is -0.463 e. The number of rotatable bonds is 5. The average molecular weight is 244 g/mol. The fourth-order valence-electron chi connectivity index (χ4n) is 2.37. The Morgan fingerprint density at radius 1 is 1.29 bits per heavy atom. The van der Waals surface area contributed by atoms with Gasteiger partial charge in [0.05, 0.1) is 12.5 Å². The van der Waals surface area contributed by atoms with Crippen molar-refractivity contribution in [2.75, 3.05) is 13.2 Å². The Bertz CT molecular complexity index is 232. The minimum absolute atomic E-state index is 0.0177. The summed E-state index contributed by atoms with van der Waals surface area (Å²) in [5.41, 5.74) is 0. The van der Waals surface area contributed by atoms with Gasteiger partial charge in [-0.15, -0.1) is 0 Å². The predicted octanol–water partition coefficient (Wildman–Crippen LogP) is 1.35. The highest BCUT2D eigenvalue weighted by molar-refractivity contribution is 5.72. The van der Waals surface area contributed by atoms with Gasteiger partial charge in [0, 0.05) is 0 Å². The molecule has 1 aliphatic carbocycles. The third-order valence-electron chi connectivity index (χ3n) is 3.68. The van der Waals surface area contributed by atoms with E-state index in [2.05, 4.69) is 13.8 Å². The van der Waals surface area contributed by atoms with Crippen LogP contribution in [0.4, 0.5) is 0 Å². The molecule has 1 atom stereocenters. The van der Waals surface area contributed by atoms with E-state index in [4.69, 9.17) is 14.9 Å². The highest BCUT2D eigenvalue weighted by Gasteiger charge is 2.28. The minimum atomic E-state index is -0.953. The molecule has 2 N–H and O–H groups in total. The predicted molar refractivity (Wildman–Crippen MR) is 64.3 cm³/mol. The topological polar surface area (TPSA) is 66.8 Å². The first kappa shape index (κ1) is 14.5. The van der Waals surface area contributed by atoms with Gasteiger partial charge in [-0.05, 0) is 37.5 Å².